The molecule has 8 heteroatoms. The number of aryl methyl sites for hydroxylation is 2. The molecule has 1 heterocycles. The third-order valence-electron chi connectivity index (χ3n) is 6.49. The minimum Gasteiger partial charge on any atom is -0.507 e. The van der Waals surface area contributed by atoms with Crippen LogP contribution >= 0.6 is 0 Å². The quantitative estimate of drug-likeness (QED) is 0.202. The minimum absolute atomic E-state index is 0.0718. The highest BCUT2D eigenvalue weighted by Crippen LogP contribution is 2.43. The molecule has 1 unspecified atom stereocenters. The van der Waals surface area contributed by atoms with Crippen molar-refractivity contribution in [3.63, 3.8) is 0 Å². The molecule has 1 saturated heterocycles. The van der Waals surface area contributed by atoms with Gasteiger partial charge in [0.2, 0.25) is 0 Å². The molecule has 1 fully saturated rings. The van der Waals surface area contributed by atoms with E-state index in [2.05, 4.69) is 0 Å². The lowest BCUT2D eigenvalue weighted by atomic mass is 9.92. The smallest absolute Gasteiger partial charge is 0.338 e. The van der Waals surface area contributed by atoms with E-state index in [-0.39, 0.29) is 23.5 Å². The molecule has 1 atom stereocenters. The zero-order valence-electron chi connectivity index (χ0n) is 21.9. The number of esters is 1. The third kappa shape index (κ3) is 4.72. The number of Topliss-reactive ketones (excluding diaryl/α,β-unsaturated/α-hetero) is 1. The molecule has 38 heavy (non-hydrogen) atoms. The fourth-order valence-electron chi connectivity index (χ4n) is 4.63. The van der Waals surface area contributed by atoms with Crippen molar-refractivity contribution in [1.29, 1.82) is 0 Å². The molecule has 1 amide bonds. The van der Waals surface area contributed by atoms with Crippen molar-refractivity contribution in [2.24, 2.45) is 0 Å². The molecule has 1 aliphatic rings. The summed E-state index contributed by atoms with van der Waals surface area (Å²) < 4.78 is 15.9. The number of carbonyl (C=O) groups is 3. The van der Waals surface area contributed by atoms with Gasteiger partial charge in [-0.15, -0.1) is 0 Å². The van der Waals surface area contributed by atoms with Gasteiger partial charge < -0.3 is 19.3 Å². The summed E-state index contributed by atoms with van der Waals surface area (Å²) in [6.07, 6.45) is 0. The zero-order valence-corrected chi connectivity index (χ0v) is 21.9. The van der Waals surface area contributed by atoms with Crippen molar-refractivity contribution in [3.05, 3.63) is 94.1 Å². The molecule has 1 aliphatic heterocycles. The zero-order chi connectivity index (χ0) is 27.6. The number of carbonyl (C=O) groups excluding carboxylic acids is 3. The van der Waals surface area contributed by atoms with Gasteiger partial charge >= 0.3 is 5.97 Å². The molecule has 0 bridgehead atoms. The summed E-state index contributed by atoms with van der Waals surface area (Å²) in [7, 11) is 3.07. The highest BCUT2D eigenvalue weighted by atomic mass is 16.5. The number of ether oxygens (including phenoxy) is 3. The van der Waals surface area contributed by atoms with Gasteiger partial charge in [-0.25, -0.2) is 4.79 Å². The SMILES string of the molecule is CCOC(=O)c1cccc(N2C(=O)C(=O)/C(=C(/O)c3cc(C)c(OC)cc3C)C2c2cccc(OC)c2)c1. The molecule has 196 valence electrons. The summed E-state index contributed by atoms with van der Waals surface area (Å²) in [6.45, 7) is 5.51. The predicted octanol–water partition coefficient (Wildman–Crippen LogP) is 5.12. The predicted molar refractivity (Wildman–Crippen MR) is 143 cm³/mol. The topological polar surface area (TPSA) is 102 Å². The standard InChI is InChI=1S/C30H29NO7/c1-6-38-30(35)20-10-7-11-21(15-20)31-26(19-9-8-12-22(16-19)36-4)25(28(33)29(31)34)27(32)23-13-18(3)24(37-5)14-17(23)2/h7-16,26,32H,6H2,1-5H3/b27-25+. The van der Waals surface area contributed by atoms with E-state index in [9.17, 15) is 19.5 Å². The Morgan fingerprint density at radius 3 is 2.37 bits per heavy atom. The number of hydrogen-bond donors (Lipinski definition) is 1. The second kappa shape index (κ2) is 10.8. The highest BCUT2D eigenvalue weighted by molar-refractivity contribution is 6.51. The lowest BCUT2D eigenvalue weighted by Gasteiger charge is -2.26. The van der Waals surface area contributed by atoms with Gasteiger partial charge in [-0.05, 0) is 79.9 Å². The van der Waals surface area contributed by atoms with Crippen LogP contribution in [-0.4, -0.2) is 43.6 Å². The first kappa shape index (κ1) is 26.5. The number of amides is 1. The summed E-state index contributed by atoms with van der Waals surface area (Å²) in [5.41, 5.74) is 2.87. The van der Waals surface area contributed by atoms with E-state index < -0.39 is 23.7 Å². The minimum atomic E-state index is -0.982. The molecule has 4 rings (SSSR count). The first-order chi connectivity index (χ1) is 18.2. The van der Waals surface area contributed by atoms with Crippen molar-refractivity contribution in [1.82, 2.24) is 0 Å². The summed E-state index contributed by atoms with van der Waals surface area (Å²) in [5.74, 6) is -1.37. The van der Waals surface area contributed by atoms with Gasteiger partial charge in [0.15, 0.2) is 0 Å². The number of methoxy groups -OCH3 is 2. The summed E-state index contributed by atoms with van der Waals surface area (Å²) in [5, 5.41) is 11.5. The first-order valence-corrected chi connectivity index (χ1v) is 12.1. The van der Waals surface area contributed by atoms with Gasteiger partial charge in [-0.3, -0.25) is 14.5 Å². The van der Waals surface area contributed by atoms with E-state index in [1.165, 1.54) is 18.1 Å². The molecule has 0 radical (unpaired) electrons. The van der Waals surface area contributed by atoms with Gasteiger partial charge in [0.25, 0.3) is 11.7 Å². The van der Waals surface area contributed by atoms with Crippen LogP contribution in [0.15, 0.2) is 66.2 Å². The number of benzene rings is 3. The van der Waals surface area contributed by atoms with Crippen LogP contribution in [0.25, 0.3) is 5.76 Å². The first-order valence-electron chi connectivity index (χ1n) is 12.1. The van der Waals surface area contributed by atoms with Crippen LogP contribution in [0.1, 0.15) is 45.6 Å². The van der Waals surface area contributed by atoms with Gasteiger partial charge in [-0.1, -0.05) is 18.2 Å². The normalized spacial score (nSPS) is 16.4. The Kier molecular flexibility index (Phi) is 7.52. The van der Waals surface area contributed by atoms with E-state index in [4.69, 9.17) is 14.2 Å². The van der Waals surface area contributed by atoms with E-state index >= 15 is 0 Å². The Morgan fingerprint density at radius 1 is 0.947 bits per heavy atom. The summed E-state index contributed by atoms with van der Waals surface area (Å²) >= 11 is 0. The average Bonchev–Trinajstić information content (AvgIpc) is 3.19. The molecule has 0 spiro atoms. The fraction of sp³-hybridized carbons (Fsp3) is 0.233. The van der Waals surface area contributed by atoms with E-state index in [1.807, 2.05) is 6.92 Å². The molecule has 3 aromatic carbocycles. The van der Waals surface area contributed by atoms with Gasteiger partial charge in [-0.2, -0.15) is 0 Å². The number of anilines is 1. The lowest BCUT2D eigenvalue weighted by Crippen LogP contribution is -2.29. The third-order valence-corrected chi connectivity index (χ3v) is 6.49. The monoisotopic (exact) mass is 515 g/mol. The van der Waals surface area contributed by atoms with E-state index in [0.717, 1.165) is 5.56 Å². The van der Waals surface area contributed by atoms with Gasteiger partial charge in [0.1, 0.15) is 17.3 Å². The van der Waals surface area contributed by atoms with Crippen LogP contribution in [-0.2, 0) is 14.3 Å². The van der Waals surface area contributed by atoms with Crippen LogP contribution in [0.3, 0.4) is 0 Å². The maximum absolute atomic E-state index is 13.5. The van der Waals surface area contributed by atoms with Crippen LogP contribution in [0.5, 0.6) is 11.5 Å². The molecule has 0 saturated carbocycles. The largest absolute Gasteiger partial charge is 0.507 e. The maximum atomic E-state index is 13.5. The number of aliphatic hydroxyl groups is 1. The van der Waals surface area contributed by atoms with Crippen LogP contribution < -0.4 is 14.4 Å². The molecule has 1 N–H and O–H groups in total. The molecule has 0 aliphatic carbocycles. The Morgan fingerprint density at radius 2 is 1.68 bits per heavy atom. The van der Waals surface area contributed by atoms with Crippen LogP contribution in [0.2, 0.25) is 0 Å². The van der Waals surface area contributed by atoms with Crippen LogP contribution in [0, 0.1) is 13.8 Å². The van der Waals surface area contributed by atoms with Crippen molar-refractivity contribution < 1.29 is 33.7 Å². The van der Waals surface area contributed by atoms with E-state index in [1.54, 1.807) is 75.6 Å². The number of ketones is 1. The fourth-order valence-corrected chi connectivity index (χ4v) is 4.63. The number of aliphatic hydroxyl groups excluding tert-OH is 1. The maximum Gasteiger partial charge on any atom is 0.338 e. The Hall–Kier alpha value is -4.59. The average molecular weight is 516 g/mol. The summed E-state index contributed by atoms with van der Waals surface area (Å²) in [4.78, 5) is 40.7. The Labute approximate surface area is 221 Å². The molecule has 8 nitrogen and oxygen atoms in total. The van der Waals surface area contributed by atoms with Crippen molar-refractivity contribution in [3.8, 4) is 11.5 Å². The van der Waals surface area contributed by atoms with Crippen molar-refractivity contribution in [2.75, 3.05) is 25.7 Å². The summed E-state index contributed by atoms with van der Waals surface area (Å²) in [6, 6.07) is 15.8. The second-order valence-electron chi connectivity index (χ2n) is 8.85. The van der Waals surface area contributed by atoms with E-state index in [0.29, 0.717) is 33.9 Å². The Balaban J connectivity index is 1.96. The van der Waals surface area contributed by atoms with Gasteiger partial charge in [0.05, 0.1) is 38.0 Å². The molecule has 0 aromatic heterocycles. The lowest BCUT2D eigenvalue weighted by molar-refractivity contribution is -0.132. The molecular weight excluding hydrogens is 486 g/mol. The highest BCUT2D eigenvalue weighted by Gasteiger charge is 2.47. The molecular formula is C30H29NO7. The van der Waals surface area contributed by atoms with Crippen molar-refractivity contribution in [2.45, 2.75) is 26.8 Å². The Bertz CT molecular complexity index is 1460. The number of rotatable bonds is 7. The van der Waals surface area contributed by atoms with Crippen LogP contribution in [0.4, 0.5) is 5.69 Å². The van der Waals surface area contributed by atoms with Crippen molar-refractivity contribution >= 4 is 29.1 Å². The second-order valence-corrected chi connectivity index (χ2v) is 8.85. The number of hydrogen-bond acceptors (Lipinski definition) is 7. The number of nitrogens with zero attached hydrogens (tertiary/aromatic N) is 1. The molecule has 3 aromatic rings. The van der Waals surface area contributed by atoms with Gasteiger partial charge in [0, 0.05) is 11.3 Å².